The van der Waals surface area contributed by atoms with Gasteiger partial charge < -0.3 is 0 Å². The van der Waals surface area contributed by atoms with Crippen LogP contribution >= 0.6 is 0 Å². The molecule has 0 fully saturated rings. The summed E-state index contributed by atoms with van der Waals surface area (Å²) >= 11 is 0. The number of aromatic nitrogens is 1. The first-order valence-corrected chi connectivity index (χ1v) is 12.6. The van der Waals surface area contributed by atoms with Crippen molar-refractivity contribution in [1.29, 1.82) is 0 Å². The monoisotopic (exact) mass is 459 g/mol. The lowest BCUT2D eigenvalue weighted by Crippen LogP contribution is -2.37. The number of allylic oxidation sites excluding steroid dienone is 4. The Morgan fingerprint density at radius 3 is 2.19 bits per heavy atom. The van der Waals surface area contributed by atoms with Gasteiger partial charge in [0.25, 0.3) is 0 Å². The molecule has 2 aliphatic carbocycles. The highest BCUT2D eigenvalue weighted by Crippen LogP contribution is 2.41. The van der Waals surface area contributed by atoms with Crippen LogP contribution in [0.1, 0.15) is 17.5 Å². The van der Waals surface area contributed by atoms with E-state index < -0.39 is 0 Å². The van der Waals surface area contributed by atoms with Crippen LogP contribution in [0.2, 0.25) is 0 Å². The zero-order chi connectivity index (χ0) is 23.9. The minimum atomic E-state index is 0.332. The topological polar surface area (TPSA) is 12.9 Å². The van der Waals surface area contributed by atoms with Crippen LogP contribution in [-0.2, 0) is 0 Å². The van der Waals surface area contributed by atoms with Crippen molar-refractivity contribution in [2.45, 2.75) is 6.42 Å². The van der Waals surface area contributed by atoms with E-state index in [2.05, 4.69) is 120 Å². The molecular formula is C35H25N. The molecule has 170 valence electrons. The normalized spacial score (nSPS) is 16.4. The average Bonchev–Trinajstić information content (AvgIpc) is 2.96. The van der Waals surface area contributed by atoms with Gasteiger partial charge in [-0.2, -0.15) is 0 Å². The fourth-order valence-corrected chi connectivity index (χ4v) is 5.84. The van der Waals surface area contributed by atoms with Crippen molar-refractivity contribution in [3.05, 3.63) is 161 Å². The first-order valence-electron chi connectivity index (χ1n) is 12.6. The summed E-state index contributed by atoms with van der Waals surface area (Å²) < 4.78 is 0. The third-order valence-electron chi connectivity index (χ3n) is 7.51. The van der Waals surface area contributed by atoms with Crippen molar-refractivity contribution in [3.8, 4) is 11.1 Å². The molecule has 1 nitrogen and oxygen atoms in total. The van der Waals surface area contributed by atoms with E-state index in [0.29, 0.717) is 5.92 Å². The average molecular weight is 460 g/mol. The van der Waals surface area contributed by atoms with Gasteiger partial charge in [-0.1, -0.05) is 109 Å². The molecule has 4 aromatic carbocycles. The zero-order valence-corrected chi connectivity index (χ0v) is 19.9. The van der Waals surface area contributed by atoms with Crippen LogP contribution in [0.3, 0.4) is 0 Å². The summed E-state index contributed by atoms with van der Waals surface area (Å²) in [6, 6.07) is 37.6. The molecule has 1 heterocycles. The predicted molar refractivity (Wildman–Crippen MR) is 150 cm³/mol. The molecule has 1 unspecified atom stereocenters. The smallest absolute Gasteiger partial charge is 0.0346 e. The standard InChI is InChI=1S/C35H25N/c1-2-9-27-22-28(20-17-24(27)8-1)35-32-13-5-3-11-30(32)34(31-12-4-6-14-33(31)35)26-18-15-25(16-19-26)29-10-7-21-36-23-29/h1-13,15-23,33H,14H2. The molecule has 0 amide bonds. The van der Waals surface area contributed by atoms with Gasteiger partial charge in [-0.15, -0.1) is 0 Å². The Bertz CT molecular complexity index is 1790. The van der Waals surface area contributed by atoms with E-state index in [1.807, 2.05) is 18.5 Å². The van der Waals surface area contributed by atoms with E-state index in [0.717, 1.165) is 12.0 Å². The van der Waals surface area contributed by atoms with E-state index >= 15 is 0 Å². The SMILES string of the molecule is C1=CCC2C(=C1)C(c1ccc(-c3cccnc3)cc1)=c1ccccc1=C2c1ccc2ccccc2c1. The van der Waals surface area contributed by atoms with Crippen LogP contribution in [-0.4, -0.2) is 4.98 Å². The molecule has 0 saturated carbocycles. The van der Waals surface area contributed by atoms with Crippen LogP contribution in [0.4, 0.5) is 0 Å². The van der Waals surface area contributed by atoms with Gasteiger partial charge in [0.1, 0.15) is 0 Å². The third-order valence-corrected chi connectivity index (χ3v) is 7.51. The molecule has 0 saturated heterocycles. The molecule has 36 heavy (non-hydrogen) atoms. The highest BCUT2D eigenvalue weighted by molar-refractivity contribution is 5.92. The van der Waals surface area contributed by atoms with Crippen LogP contribution in [0.5, 0.6) is 0 Å². The van der Waals surface area contributed by atoms with E-state index in [1.54, 1.807) is 0 Å². The summed E-state index contributed by atoms with van der Waals surface area (Å²) in [5.74, 6) is 0.332. The van der Waals surface area contributed by atoms with Crippen molar-refractivity contribution < 1.29 is 0 Å². The second kappa shape index (κ2) is 8.62. The van der Waals surface area contributed by atoms with E-state index in [1.165, 1.54) is 54.6 Å². The van der Waals surface area contributed by atoms with Gasteiger partial charge in [0, 0.05) is 18.3 Å². The molecule has 0 bridgehead atoms. The Labute approximate surface area is 211 Å². The Kier molecular flexibility index (Phi) is 4.99. The number of benzene rings is 4. The van der Waals surface area contributed by atoms with Crippen LogP contribution in [0.15, 0.2) is 139 Å². The second-order valence-corrected chi connectivity index (χ2v) is 9.55. The lowest BCUT2D eigenvalue weighted by Gasteiger charge is -2.31. The van der Waals surface area contributed by atoms with E-state index in [4.69, 9.17) is 0 Å². The summed E-state index contributed by atoms with van der Waals surface area (Å²) in [6.45, 7) is 0. The quantitative estimate of drug-likeness (QED) is 0.289. The second-order valence-electron chi connectivity index (χ2n) is 9.55. The van der Waals surface area contributed by atoms with Crippen LogP contribution in [0, 0.1) is 5.92 Å². The Hall–Kier alpha value is -4.49. The van der Waals surface area contributed by atoms with Gasteiger partial charge in [-0.3, -0.25) is 4.98 Å². The number of rotatable bonds is 3. The molecule has 2 aliphatic rings. The summed E-state index contributed by atoms with van der Waals surface area (Å²) in [7, 11) is 0. The summed E-state index contributed by atoms with van der Waals surface area (Å²) in [6.07, 6.45) is 11.6. The van der Waals surface area contributed by atoms with Gasteiger partial charge in [0.05, 0.1) is 0 Å². The maximum Gasteiger partial charge on any atom is 0.0346 e. The maximum absolute atomic E-state index is 4.29. The molecular weight excluding hydrogens is 434 g/mol. The summed E-state index contributed by atoms with van der Waals surface area (Å²) in [5.41, 5.74) is 9.10. The van der Waals surface area contributed by atoms with Crippen molar-refractivity contribution in [3.63, 3.8) is 0 Å². The zero-order valence-electron chi connectivity index (χ0n) is 19.9. The largest absolute Gasteiger partial charge is 0.264 e. The maximum atomic E-state index is 4.29. The number of hydrogen-bond donors (Lipinski definition) is 0. The van der Waals surface area contributed by atoms with Crippen molar-refractivity contribution in [2.24, 2.45) is 5.92 Å². The molecule has 1 heteroatoms. The molecule has 7 rings (SSSR count). The Morgan fingerprint density at radius 1 is 0.611 bits per heavy atom. The highest BCUT2D eigenvalue weighted by atomic mass is 14.6. The van der Waals surface area contributed by atoms with E-state index in [-0.39, 0.29) is 0 Å². The molecule has 5 aromatic rings. The lowest BCUT2D eigenvalue weighted by atomic mass is 9.72. The van der Waals surface area contributed by atoms with Gasteiger partial charge in [0.2, 0.25) is 0 Å². The number of fused-ring (bicyclic) bond motifs is 3. The highest BCUT2D eigenvalue weighted by Gasteiger charge is 2.29. The number of pyridine rings is 1. The van der Waals surface area contributed by atoms with Gasteiger partial charge in [-0.25, -0.2) is 0 Å². The van der Waals surface area contributed by atoms with Crippen LogP contribution in [0.25, 0.3) is 33.0 Å². The van der Waals surface area contributed by atoms with Gasteiger partial charge in [-0.05, 0) is 78.7 Å². The van der Waals surface area contributed by atoms with E-state index in [9.17, 15) is 0 Å². The minimum absolute atomic E-state index is 0.332. The Morgan fingerprint density at radius 2 is 1.36 bits per heavy atom. The van der Waals surface area contributed by atoms with Crippen molar-refractivity contribution in [2.75, 3.05) is 0 Å². The number of hydrogen-bond acceptors (Lipinski definition) is 1. The van der Waals surface area contributed by atoms with Gasteiger partial charge >= 0.3 is 0 Å². The van der Waals surface area contributed by atoms with Crippen LogP contribution < -0.4 is 10.4 Å². The fourth-order valence-electron chi connectivity index (χ4n) is 5.84. The van der Waals surface area contributed by atoms with Crippen molar-refractivity contribution >= 4 is 21.9 Å². The molecule has 1 atom stereocenters. The Balaban J connectivity index is 1.49. The fraction of sp³-hybridized carbons (Fsp3) is 0.0571. The summed E-state index contributed by atoms with van der Waals surface area (Å²) in [4.78, 5) is 4.29. The third kappa shape index (κ3) is 3.44. The van der Waals surface area contributed by atoms with Gasteiger partial charge in [0.15, 0.2) is 0 Å². The molecule has 0 spiro atoms. The first kappa shape index (κ1) is 20.8. The summed E-state index contributed by atoms with van der Waals surface area (Å²) in [5, 5.41) is 5.23. The lowest BCUT2D eigenvalue weighted by molar-refractivity contribution is 0.798. The predicted octanol–water partition coefficient (Wildman–Crippen LogP) is 6.82. The molecule has 0 N–H and O–H groups in total. The molecule has 0 aliphatic heterocycles. The number of nitrogens with zero attached hydrogens (tertiary/aromatic N) is 1. The molecule has 1 aromatic heterocycles. The van der Waals surface area contributed by atoms with Crippen molar-refractivity contribution in [1.82, 2.24) is 4.98 Å². The molecule has 0 radical (unpaired) electrons. The first-order chi connectivity index (χ1) is 17.9. The minimum Gasteiger partial charge on any atom is -0.264 e.